The number of sulfonamides is 1. The molecule has 18 heavy (non-hydrogen) atoms. The van der Waals surface area contributed by atoms with Gasteiger partial charge in [-0.25, -0.2) is 12.7 Å². The Morgan fingerprint density at radius 1 is 1.33 bits per heavy atom. The Balaban J connectivity index is 2.39. The molecule has 0 saturated carbocycles. The molecule has 0 aromatic heterocycles. The van der Waals surface area contributed by atoms with Gasteiger partial charge in [0, 0.05) is 26.7 Å². The predicted molar refractivity (Wildman–Crippen MR) is 75.2 cm³/mol. The molecule has 0 radical (unpaired) electrons. The average molecular weight is 277 g/mol. The molecular formula is C12H27N3O2S. The Morgan fingerprint density at radius 3 is 2.50 bits per heavy atom. The monoisotopic (exact) mass is 277 g/mol. The van der Waals surface area contributed by atoms with Gasteiger partial charge in [0.05, 0.1) is 5.25 Å². The summed E-state index contributed by atoms with van der Waals surface area (Å²) in [5.41, 5.74) is 0. The average Bonchev–Trinajstić information content (AvgIpc) is 2.85. The zero-order valence-electron chi connectivity index (χ0n) is 11.9. The van der Waals surface area contributed by atoms with Crippen molar-refractivity contribution in [3.63, 3.8) is 0 Å². The third-order valence-electron chi connectivity index (χ3n) is 3.55. The smallest absolute Gasteiger partial charge is 0.217 e. The molecule has 1 aliphatic rings. The van der Waals surface area contributed by atoms with Gasteiger partial charge in [-0.15, -0.1) is 0 Å². The number of likely N-dealkylation sites (N-methyl/N-ethyl adjacent to an activating group) is 1. The molecule has 0 spiro atoms. The van der Waals surface area contributed by atoms with Crippen molar-refractivity contribution in [2.24, 2.45) is 0 Å². The molecule has 1 atom stereocenters. The van der Waals surface area contributed by atoms with Crippen molar-refractivity contribution in [1.82, 2.24) is 14.5 Å². The molecule has 0 aliphatic carbocycles. The van der Waals surface area contributed by atoms with Gasteiger partial charge in [0.2, 0.25) is 10.0 Å². The quantitative estimate of drug-likeness (QED) is 0.695. The van der Waals surface area contributed by atoms with Gasteiger partial charge in [-0.3, -0.25) is 0 Å². The van der Waals surface area contributed by atoms with Gasteiger partial charge >= 0.3 is 0 Å². The first kappa shape index (κ1) is 15.9. The van der Waals surface area contributed by atoms with Crippen molar-refractivity contribution in [1.29, 1.82) is 0 Å². The van der Waals surface area contributed by atoms with Crippen LogP contribution in [0.1, 0.15) is 26.7 Å². The molecule has 0 aromatic rings. The highest BCUT2D eigenvalue weighted by Gasteiger charge is 2.25. The lowest BCUT2D eigenvalue weighted by molar-refractivity contribution is 0.309. The maximum atomic E-state index is 12.2. The van der Waals surface area contributed by atoms with Gasteiger partial charge in [-0.05, 0) is 39.4 Å². The number of likely N-dealkylation sites (tertiary alicyclic amines) is 1. The summed E-state index contributed by atoms with van der Waals surface area (Å²) in [6.07, 6.45) is 2.49. The van der Waals surface area contributed by atoms with Crippen LogP contribution in [0.25, 0.3) is 0 Å². The Labute approximate surface area is 112 Å². The van der Waals surface area contributed by atoms with Crippen LogP contribution in [0.4, 0.5) is 0 Å². The van der Waals surface area contributed by atoms with E-state index in [1.165, 1.54) is 17.1 Å². The minimum atomic E-state index is -3.16. The molecular weight excluding hydrogens is 250 g/mol. The van der Waals surface area contributed by atoms with Gasteiger partial charge in [0.25, 0.3) is 0 Å². The summed E-state index contributed by atoms with van der Waals surface area (Å²) in [6.45, 7) is 8.75. The summed E-state index contributed by atoms with van der Waals surface area (Å²) in [6, 6.07) is 0. The van der Waals surface area contributed by atoms with Crippen molar-refractivity contribution in [2.45, 2.75) is 31.9 Å². The number of nitrogens with one attached hydrogen (secondary N) is 1. The number of nitrogens with zero attached hydrogens (tertiary/aromatic N) is 2. The summed E-state index contributed by atoms with van der Waals surface area (Å²) in [5, 5.41) is 2.73. The van der Waals surface area contributed by atoms with Crippen LogP contribution < -0.4 is 5.32 Å². The number of hydrogen-bond donors (Lipinski definition) is 1. The van der Waals surface area contributed by atoms with Gasteiger partial charge in [0.15, 0.2) is 0 Å². The van der Waals surface area contributed by atoms with Crippen LogP contribution in [0.3, 0.4) is 0 Å². The van der Waals surface area contributed by atoms with Gasteiger partial charge in [0.1, 0.15) is 0 Å². The van der Waals surface area contributed by atoms with Gasteiger partial charge in [-0.1, -0.05) is 6.92 Å². The minimum absolute atomic E-state index is 0.360. The highest BCUT2D eigenvalue weighted by atomic mass is 32.2. The summed E-state index contributed by atoms with van der Waals surface area (Å²) < 4.78 is 25.9. The third-order valence-corrected chi connectivity index (χ3v) is 5.79. The lowest BCUT2D eigenvalue weighted by Gasteiger charge is -2.24. The van der Waals surface area contributed by atoms with E-state index in [4.69, 9.17) is 0 Å². The molecule has 1 aliphatic heterocycles. The van der Waals surface area contributed by atoms with Gasteiger partial charge < -0.3 is 10.2 Å². The van der Waals surface area contributed by atoms with E-state index in [0.717, 1.165) is 26.2 Å². The summed E-state index contributed by atoms with van der Waals surface area (Å²) in [4.78, 5) is 2.33. The van der Waals surface area contributed by atoms with Crippen molar-refractivity contribution < 1.29 is 8.42 Å². The predicted octanol–water partition coefficient (Wildman–Crippen LogP) is 0.342. The second-order valence-corrected chi connectivity index (χ2v) is 7.49. The number of hydrogen-bond acceptors (Lipinski definition) is 4. The molecule has 5 nitrogen and oxygen atoms in total. The Bertz CT molecular complexity index is 326. The Morgan fingerprint density at radius 2 is 1.94 bits per heavy atom. The van der Waals surface area contributed by atoms with E-state index in [1.54, 1.807) is 14.0 Å². The second kappa shape index (κ2) is 7.43. The normalized spacial score (nSPS) is 19.6. The topological polar surface area (TPSA) is 52.7 Å². The molecule has 1 unspecified atom stereocenters. The first-order valence-corrected chi connectivity index (χ1v) is 8.37. The van der Waals surface area contributed by atoms with Crippen molar-refractivity contribution in [3.8, 4) is 0 Å². The summed E-state index contributed by atoms with van der Waals surface area (Å²) >= 11 is 0. The Hall–Kier alpha value is -0.170. The number of rotatable bonds is 8. The zero-order chi connectivity index (χ0) is 13.6. The molecule has 6 heteroatoms. The SMILES string of the molecule is CCNCC(C)S(=O)(=O)N(C)CCN1CCCC1. The van der Waals surface area contributed by atoms with Crippen molar-refractivity contribution >= 4 is 10.0 Å². The van der Waals surface area contributed by atoms with Crippen LogP contribution in [-0.2, 0) is 10.0 Å². The Kier molecular flexibility index (Phi) is 6.55. The molecule has 1 N–H and O–H groups in total. The van der Waals surface area contributed by atoms with Crippen molar-refractivity contribution in [2.75, 3.05) is 46.3 Å². The van der Waals surface area contributed by atoms with E-state index >= 15 is 0 Å². The van der Waals surface area contributed by atoms with Crippen LogP contribution in [0.15, 0.2) is 0 Å². The second-order valence-electron chi connectivity index (χ2n) is 5.03. The lowest BCUT2D eigenvalue weighted by Crippen LogP contribution is -2.42. The lowest BCUT2D eigenvalue weighted by atomic mass is 10.4. The van der Waals surface area contributed by atoms with E-state index < -0.39 is 10.0 Å². The first-order valence-electron chi connectivity index (χ1n) is 6.86. The molecule has 1 rings (SSSR count). The fourth-order valence-corrected chi connectivity index (χ4v) is 3.45. The van der Waals surface area contributed by atoms with Crippen LogP contribution in [0.5, 0.6) is 0 Å². The van der Waals surface area contributed by atoms with Gasteiger partial charge in [-0.2, -0.15) is 0 Å². The molecule has 1 saturated heterocycles. The largest absolute Gasteiger partial charge is 0.316 e. The van der Waals surface area contributed by atoms with Crippen LogP contribution in [-0.4, -0.2) is 69.2 Å². The molecule has 0 amide bonds. The van der Waals surface area contributed by atoms with E-state index in [1.807, 2.05) is 6.92 Å². The molecule has 0 bridgehead atoms. The molecule has 1 heterocycles. The minimum Gasteiger partial charge on any atom is -0.316 e. The highest BCUT2D eigenvalue weighted by Crippen LogP contribution is 2.09. The fourth-order valence-electron chi connectivity index (χ4n) is 2.18. The third kappa shape index (κ3) is 4.50. The summed E-state index contributed by atoms with van der Waals surface area (Å²) in [5.74, 6) is 0. The van der Waals surface area contributed by atoms with Crippen molar-refractivity contribution in [3.05, 3.63) is 0 Å². The van der Waals surface area contributed by atoms with E-state index in [2.05, 4.69) is 10.2 Å². The first-order chi connectivity index (χ1) is 8.48. The van der Waals surface area contributed by atoms with Crippen LogP contribution in [0, 0.1) is 0 Å². The van der Waals surface area contributed by atoms with Crippen LogP contribution in [0.2, 0.25) is 0 Å². The van der Waals surface area contributed by atoms with E-state index in [-0.39, 0.29) is 5.25 Å². The van der Waals surface area contributed by atoms with E-state index in [9.17, 15) is 8.42 Å². The van der Waals surface area contributed by atoms with E-state index in [0.29, 0.717) is 13.1 Å². The highest BCUT2D eigenvalue weighted by molar-refractivity contribution is 7.89. The van der Waals surface area contributed by atoms with Crippen LogP contribution >= 0.6 is 0 Å². The maximum absolute atomic E-state index is 12.2. The molecule has 0 aromatic carbocycles. The standard InChI is InChI=1S/C12H27N3O2S/c1-4-13-11-12(2)18(16,17)14(3)9-10-15-7-5-6-8-15/h12-13H,4-11H2,1-3H3. The zero-order valence-corrected chi connectivity index (χ0v) is 12.7. The maximum Gasteiger partial charge on any atom is 0.217 e. The molecule has 108 valence electrons. The fraction of sp³-hybridized carbons (Fsp3) is 1.00. The summed E-state index contributed by atoms with van der Waals surface area (Å²) in [7, 11) is -1.47. The molecule has 1 fully saturated rings.